The maximum absolute atomic E-state index is 14.2. The molecule has 7 heteroatoms. The van der Waals surface area contributed by atoms with Crippen molar-refractivity contribution in [1.29, 1.82) is 0 Å². The lowest BCUT2D eigenvalue weighted by Gasteiger charge is -2.23. The number of nitrogens with one attached hydrogen (secondary N) is 1. The molecule has 2 aromatic carbocycles. The number of benzene rings is 2. The number of anilines is 1. The average Bonchev–Trinajstić information content (AvgIpc) is 3.05. The van der Waals surface area contributed by atoms with E-state index in [9.17, 15) is 14.0 Å². The van der Waals surface area contributed by atoms with Crippen LogP contribution < -0.4 is 10.1 Å². The number of Topliss-reactive ketones (excluding diaryl/α,β-unsaturated/α-hetero) is 1. The summed E-state index contributed by atoms with van der Waals surface area (Å²) in [5.41, 5.74) is 4.47. The van der Waals surface area contributed by atoms with Gasteiger partial charge in [0.05, 0.1) is 24.4 Å². The second-order valence-electron chi connectivity index (χ2n) is 7.50. The zero-order chi connectivity index (χ0) is 21.6. The molecule has 0 aliphatic carbocycles. The molecule has 1 aliphatic heterocycles. The van der Waals surface area contributed by atoms with Gasteiger partial charge in [0.25, 0.3) is 0 Å². The van der Waals surface area contributed by atoms with Crippen LogP contribution in [0, 0.1) is 26.6 Å². The Morgan fingerprint density at radius 2 is 2.00 bits per heavy atom. The molecule has 2 heterocycles. The van der Waals surface area contributed by atoms with Crippen molar-refractivity contribution in [1.82, 2.24) is 9.78 Å². The van der Waals surface area contributed by atoms with Crippen molar-refractivity contribution in [2.45, 2.75) is 33.1 Å². The monoisotopic (exact) mass is 407 g/mol. The number of hydrogen-bond acceptors (Lipinski definition) is 4. The fourth-order valence-electron chi connectivity index (χ4n) is 3.93. The molecular formula is C23H22FN3O3. The molecule has 4 rings (SSSR count). The highest BCUT2D eigenvalue weighted by Gasteiger charge is 2.36. The van der Waals surface area contributed by atoms with Gasteiger partial charge >= 0.3 is 0 Å². The van der Waals surface area contributed by atoms with E-state index in [1.165, 1.54) is 19.2 Å². The van der Waals surface area contributed by atoms with Crippen LogP contribution in [0.5, 0.6) is 5.75 Å². The molecular weight excluding hydrogens is 385 g/mol. The summed E-state index contributed by atoms with van der Waals surface area (Å²) in [4.78, 5) is 25.7. The van der Waals surface area contributed by atoms with Crippen molar-refractivity contribution in [3.05, 3.63) is 70.2 Å². The zero-order valence-corrected chi connectivity index (χ0v) is 17.2. The van der Waals surface area contributed by atoms with E-state index in [-0.39, 0.29) is 29.4 Å². The Morgan fingerprint density at radius 1 is 1.23 bits per heavy atom. The van der Waals surface area contributed by atoms with E-state index in [4.69, 9.17) is 4.74 Å². The first-order valence-corrected chi connectivity index (χ1v) is 9.65. The Hall–Kier alpha value is -3.48. The van der Waals surface area contributed by atoms with Gasteiger partial charge in [-0.2, -0.15) is 5.10 Å². The largest absolute Gasteiger partial charge is 0.494 e. The number of hydrogen-bond donors (Lipinski definition) is 1. The molecule has 1 N–H and O–H groups in total. The number of aryl methyl sites for hydroxylation is 2. The second-order valence-corrected chi connectivity index (χ2v) is 7.50. The lowest BCUT2D eigenvalue weighted by atomic mass is 9.85. The Kier molecular flexibility index (Phi) is 4.89. The normalized spacial score (nSPS) is 15.5. The van der Waals surface area contributed by atoms with Crippen molar-refractivity contribution in [3.63, 3.8) is 0 Å². The number of amides is 1. The highest BCUT2D eigenvalue weighted by Crippen LogP contribution is 2.39. The SMILES string of the molecule is COc1ccc(C(=O)C2CC(=O)Nc3c2c(C)nn3-c2cccc(C)c2C)cc1F. The van der Waals surface area contributed by atoms with Crippen LogP contribution >= 0.6 is 0 Å². The number of ether oxygens (including phenoxy) is 1. The predicted molar refractivity (Wildman–Crippen MR) is 111 cm³/mol. The van der Waals surface area contributed by atoms with Gasteiger partial charge < -0.3 is 10.1 Å². The number of halogens is 1. The van der Waals surface area contributed by atoms with Gasteiger partial charge in [0.1, 0.15) is 5.82 Å². The molecule has 0 bridgehead atoms. The van der Waals surface area contributed by atoms with Crippen LogP contribution in [0.3, 0.4) is 0 Å². The van der Waals surface area contributed by atoms with E-state index in [2.05, 4.69) is 10.4 Å². The van der Waals surface area contributed by atoms with E-state index >= 15 is 0 Å². The average molecular weight is 407 g/mol. The Morgan fingerprint density at radius 3 is 2.70 bits per heavy atom. The van der Waals surface area contributed by atoms with Gasteiger partial charge in [-0.1, -0.05) is 12.1 Å². The topological polar surface area (TPSA) is 73.2 Å². The van der Waals surface area contributed by atoms with Gasteiger partial charge in [-0.05, 0) is 56.2 Å². The highest BCUT2D eigenvalue weighted by molar-refractivity contribution is 6.08. The number of ketones is 1. The van der Waals surface area contributed by atoms with Crippen molar-refractivity contribution >= 4 is 17.5 Å². The van der Waals surface area contributed by atoms with Gasteiger partial charge in [0.2, 0.25) is 5.91 Å². The molecule has 0 spiro atoms. The van der Waals surface area contributed by atoms with E-state index in [1.54, 1.807) is 4.68 Å². The van der Waals surface area contributed by atoms with Crippen molar-refractivity contribution in [2.75, 3.05) is 12.4 Å². The Labute approximate surface area is 173 Å². The van der Waals surface area contributed by atoms with E-state index in [1.807, 2.05) is 39.0 Å². The minimum Gasteiger partial charge on any atom is -0.494 e. The summed E-state index contributed by atoms with van der Waals surface area (Å²) in [5, 5.41) is 7.50. The maximum atomic E-state index is 14.2. The second kappa shape index (κ2) is 7.40. The molecule has 30 heavy (non-hydrogen) atoms. The van der Waals surface area contributed by atoms with Crippen molar-refractivity contribution in [3.8, 4) is 11.4 Å². The Bertz CT molecular complexity index is 1180. The summed E-state index contributed by atoms with van der Waals surface area (Å²) in [6, 6.07) is 9.93. The molecule has 1 aliphatic rings. The van der Waals surface area contributed by atoms with Gasteiger partial charge in [-0.25, -0.2) is 9.07 Å². The predicted octanol–water partition coefficient (Wildman–Crippen LogP) is 4.25. The maximum Gasteiger partial charge on any atom is 0.226 e. The highest BCUT2D eigenvalue weighted by atomic mass is 19.1. The number of carbonyl (C=O) groups is 2. The van der Waals surface area contributed by atoms with Crippen LogP contribution in [-0.2, 0) is 4.79 Å². The third kappa shape index (κ3) is 3.16. The van der Waals surface area contributed by atoms with Crippen LogP contribution in [0.4, 0.5) is 10.2 Å². The molecule has 1 atom stereocenters. The van der Waals surface area contributed by atoms with Crippen LogP contribution in [-0.4, -0.2) is 28.6 Å². The lowest BCUT2D eigenvalue weighted by molar-refractivity contribution is -0.116. The molecule has 0 saturated carbocycles. The van der Waals surface area contributed by atoms with Crippen LogP contribution in [0.15, 0.2) is 36.4 Å². The first-order valence-electron chi connectivity index (χ1n) is 9.65. The number of rotatable bonds is 4. The summed E-state index contributed by atoms with van der Waals surface area (Å²) in [7, 11) is 1.36. The first kappa shape index (κ1) is 19.8. The molecule has 0 fully saturated rings. The Balaban J connectivity index is 1.82. The van der Waals surface area contributed by atoms with E-state index < -0.39 is 11.7 Å². The van der Waals surface area contributed by atoms with Gasteiger partial charge in [-0.3, -0.25) is 9.59 Å². The number of nitrogens with zero attached hydrogens (tertiary/aromatic N) is 2. The van der Waals surface area contributed by atoms with Gasteiger partial charge in [-0.15, -0.1) is 0 Å². The summed E-state index contributed by atoms with van der Waals surface area (Å²) in [6.07, 6.45) is -0.0151. The first-order chi connectivity index (χ1) is 14.3. The summed E-state index contributed by atoms with van der Waals surface area (Å²) in [6.45, 7) is 5.80. The third-order valence-electron chi connectivity index (χ3n) is 5.66. The minimum atomic E-state index is -0.736. The summed E-state index contributed by atoms with van der Waals surface area (Å²) < 4.78 is 20.8. The number of fused-ring (bicyclic) bond motifs is 1. The minimum absolute atomic E-state index is 0.0151. The lowest BCUT2D eigenvalue weighted by Crippen LogP contribution is -2.28. The summed E-state index contributed by atoms with van der Waals surface area (Å²) >= 11 is 0. The van der Waals surface area contributed by atoms with E-state index in [0.29, 0.717) is 17.1 Å². The smallest absolute Gasteiger partial charge is 0.226 e. The standard InChI is InChI=1S/C23H22FN3O3/c1-12-6-5-7-18(13(12)2)27-23-21(14(3)26-27)16(11-20(28)25-23)22(29)15-8-9-19(30-4)17(24)10-15/h5-10,16H,11H2,1-4H3,(H,25,28). The summed E-state index contributed by atoms with van der Waals surface area (Å²) in [5.74, 6) is -1.40. The molecule has 6 nitrogen and oxygen atoms in total. The fourth-order valence-corrected chi connectivity index (χ4v) is 3.93. The molecule has 1 unspecified atom stereocenters. The molecule has 0 radical (unpaired) electrons. The molecule has 154 valence electrons. The van der Waals surface area contributed by atoms with Crippen LogP contribution in [0.2, 0.25) is 0 Å². The van der Waals surface area contributed by atoms with Crippen LogP contribution in [0.1, 0.15) is 45.1 Å². The fraction of sp³-hybridized carbons (Fsp3) is 0.261. The van der Waals surface area contributed by atoms with Gasteiger partial charge in [0, 0.05) is 17.5 Å². The van der Waals surface area contributed by atoms with Crippen molar-refractivity contribution < 1.29 is 18.7 Å². The molecule has 1 amide bonds. The number of methoxy groups -OCH3 is 1. The third-order valence-corrected chi connectivity index (χ3v) is 5.66. The molecule has 1 aromatic heterocycles. The van der Waals surface area contributed by atoms with E-state index in [0.717, 1.165) is 22.9 Å². The number of aromatic nitrogens is 2. The van der Waals surface area contributed by atoms with Crippen molar-refractivity contribution in [2.24, 2.45) is 0 Å². The molecule has 3 aromatic rings. The van der Waals surface area contributed by atoms with Gasteiger partial charge in [0.15, 0.2) is 17.3 Å². The van der Waals surface area contributed by atoms with Crippen LogP contribution in [0.25, 0.3) is 5.69 Å². The quantitative estimate of drug-likeness (QED) is 0.656. The zero-order valence-electron chi connectivity index (χ0n) is 17.2. The molecule has 0 saturated heterocycles. The number of carbonyl (C=O) groups excluding carboxylic acids is 2.